The second-order valence-corrected chi connectivity index (χ2v) is 33.6. The van der Waals surface area contributed by atoms with Gasteiger partial charge in [0.05, 0.1) is 36.6 Å². The number of esters is 4. The van der Waals surface area contributed by atoms with Crippen molar-refractivity contribution in [2.45, 2.75) is 190 Å². The Morgan fingerprint density at radius 1 is 0.475 bits per heavy atom. The molecular formula is C70H106O10. The molecule has 1 saturated heterocycles. The molecular weight excluding hydrogens is 1000 g/mol. The molecule has 2 N–H and O–H groups in total. The van der Waals surface area contributed by atoms with Crippen LogP contribution in [0, 0.1) is 207 Å². The van der Waals surface area contributed by atoms with E-state index in [1.165, 1.54) is 51.4 Å². The fourth-order valence-corrected chi connectivity index (χ4v) is 27.2. The van der Waals surface area contributed by atoms with Crippen LogP contribution < -0.4 is 0 Å². The summed E-state index contributed by atoms with van der Waals surface area (Å²) in [4.78, 5) is 49.1. The highest BCUT2D eigenvalue weighted by Gasteiger charge is 2.71. The van der Waals surface area contributed by atoms with E-state index in [4.69, 9.17) is 18.9 Å². The zero-order valence-electron chi connectivity index (χ0n) is 51.2. The molecule has 10 nitrogen and oxygen atoms in total. The van der Waals surface area contributed by atoms with Crippen LogP contribution in [0.3, 0.4) is 0 Å². The van der Waals surface area contributed by atoms with Gasteiger partial charge in [0.2, 0.25) is 6.10 Å². The molecule has 38 atom stereocenters. The number of hydrogen-bond donors (Lipinski definition) is 2. The smallest absolute Gasteiger partial charge is 0.347 e. The number of carbonyl (C=O) groups is 4. The number of aliphatic hydroxyl groups is 2. The Labute approximate surface area is 481 Å². The van der Waals surface area contributed by atoms with Crippen LogP contribution in [0.5, 0.6) is 0 Å². The van der Waals surface area contributed by atoms with E-state index >= 15 is 0 Å². The molecule has 17 aliphatic rings. The lowest BCUT2D eigenvalue weighted by atomic mass is 9.62. The van der Waals surface area contributed by atoms with Gasteiger partial charge in [-0.3, -0.25) is 14.4 Å². The summed E-state index contributed by atoms with van der Waals surface area (Å²) in [6.07, 6.45) is 14.6. The summed E-state index contributed by atoms with van der Waals surface area (Å²) in [5.41, 5.74) is -0.338. The van der Waals surface area contributed by atoms with Crippen molar-refractivity contribution in [1.29, 1.82) is 0 Å². The fraction of sp³-hybridized carbons (Fsp3) is 0.943. The lowest BCUT2D eigenvalue weighted by molar-refractivity contribution is -0.166. The van der Waals surface area contributed by atoms with Crippen molar-refractivity contribution in [1.82, 2.24) is 0 Å². The molecule has 0 radical (unpaired) electrons. The van der Waals surface area contributed by atoms with E-state index in [9.17, 15) is 29.4 Å². The van der Waals surface area contributed by atoms with Gasteiger partial charge < -0.3 is 29.2 Å². The number of carbonyl (C=O) groups excluding carboxylic acids is 4. The minimum Gasteiger partial charge on any atom is -0.463 e. The topological polar surface area (TPSA) is 146 Å². The predicted octanol–water partition coefficient (Wildman–Crippen LogP) is 12.1. The molecule has 16 bridgehead atoms. The third kappa shape index (κ3) is 8.32. The number of ether oxygens (including phenoxy) is 4. The average molecular weight is 1110 g/mol. The first-order chi connectivity index (χ1) is 38.0. The van der Waals surface area contributed by atoms with Crippen molar-refractivity contribution in [3.63, 3.8) is 0 Å². The molecule has 446 valence electrons. The van der Waals surface area contributed by atoms with Crippen molar-refractivity contribution in [2.75, 3.05) is 13.2 Å². The fourth-order valence-electron chi connectivity index (χ4n) is 27.2. The first-order valence-corrected chi connectivity index (χ1v) is 34.1. The minimum atomic E-state index is -0.642. The summed E-state index contributed by atoms with van der Waals surface area (Å²) >= 11 is 0. The molecule has 16 aliphatic carbocycles. The van der Waals surface area contributed by atoms with Gasteiger partial charge in [-0.05, 0) is 294 Å². The van der Waals surface area contributed by atoms with Crippen LogP contribution >= 0.6 is 0 Å². The van der Waals surface area contributed by atoms with Crippen LogP contribution in [-0.4, -0.2) is 71.2 Å². The standard InChI is InChI=1S/C19H26O4.C19H30O2.C18H28O3.C14H22O/c1-8-9(2)12-7-11(8)16-10-5-13(17(12)16)14(6-10)18(20)23-15-3-4-22-19(15)21;1-9-10(2)13-8-12(9)16-11-6-14(17(13)16)15(7-11)18(20)21-19(3,4)5;1-8(19)7-21-18(20)15-5-11-4-14(15)17-13-6-12(16(11)17)9(2)10(13)3;1-6-7(2)10-5-9(6)13-8-3-11(14(10)13)12(15)4-8/h8-17H,3-7H2,1-2H3;9-17H,6-8H2,1-5H3;8-17,19H,4-7H2,1-3H3;6-15H,3-5H2,1-2H3. The van der Waals surface area contributed by atoms with Gasteiger partial charge in [0, 0.05) is 6.42 Å². The molecule has 0 spiro atoms. The number of fused-ring (bicyclic) bond motifs is 36. The van der Waals surface area contributed by atoms with Crippen molar-refractivity contribution >= 4 is 23.9 Å². The van der Waals surface area contributed by atoms with E-state index in [2.05, 4.69) is 55.4 Å². The van der Waals surface area contributed by atoms with E-state index < -0.39 is 12.2 Å². The van der Waals surface area contributed by atoms with Gasteiger partial charge in [-0.1, -0.05) is 55.4 Å². The molecule has 17 rings (SSSR count). The van der Waals surface area contributed by atoms with Gasteiger partial charge in [-0.2, -0.15) is 0 Å². The molecule has 16 saturated carbocycles. The molecule has 80 heavy (non-hydrogen) atoms. The van der Waals surface area contributed by atoms with Crippen molar-refractivity contribution in [3.8, 4) is 0 Å². The number of cyclic esters (lactones) is 1. The average Bonchev–Trinajstić information content (AvgIpc) is 4.30. The van der Waals surface area contributed by atoms with Crippen molar-refractivity contribution in [2.24, 2.45) is 207 Å². The number of aliphatic hydroxyl groups excluding tert-OH is 2. The maximum atomic E-state index is 12.6. The van der Waals surface area contributed by atoms with Crippen LogP contribution in [0.15, 0.2) is 0 Å². The number of hydrogen-bond acceptors (Lipinski definition) is 10. The minimum absolute atomic E-state index is 0.0367. The molecule has 0 aromatic heterocycles. The van der Waals surface area contributed by atoms with Crippen molar-refractivity contribution in [3.05, 3.63) is 0 Å². The Morgan fingerprint density at radius 2 is 0.812 bits per heavy atom. The molecule has 0 aromatic carbocycles. The second kappa shape index (κ2) is 19.9. The maximum absolute atomic E-state index is 12.6. The zero-order valence-corrected chi connectivity index (χ0v) is 51.2. The Kier molecular flexibility index (Phi) is 13.9. The summed E-state index contributed by atoms with van der Waals surface area (Å²) < 4.78 is 21.5. The molecule has 1 aliphatic heterocycles. The van der Waals surface area contributed by atoms with E-state index in [1.807, 2.05) is 20.8 Å². The third-order valence-corrected chi connectivity index (χ3v) is 30.3. The molecule has 0 amide bonds. The van der Waals surface area contributed by atoms with Gasteiger partial charge in [0.25, 0.3) is 0 Å². The normalized spacial score (nSPS) is 57.8. The number of rotatable bonds is 6. The van der Waals surface area contributed by atoms with Gasteiger partial charge in [-0.25, -0.2) is 4.79 Å². The van der Waals surface area contributed by atoms with Crippen LogP contribution in [0.2, 0.25) is 0 Å². The molecule has 1 heterocycles. The Morgan fingerprint density at radius 3 is 1.18 bits per heavy atom. The lowest BCUT2D eigenvalue weighted by Crippen LogP contribution is -2.42. The molecule has 10 heteroatoms. The summed E-state index contributed by atoms with van der Waals surface area (Å²) in [5, 5.41) is 19.3. The van der Waals surface area contributed by atoms with Crippen LogP contribution in [-0.2, 0) is 38.1 Å². The van der Waals surface area contributed by atoms with Crippen LogP contribution in [0.1, 0.15) is 167 Å². The van der Waals surface area contributed by atoms with Gasteiger partial charge in [0.1, 0.15) is 12.2 Å². The van der Waals surface area contributed by atoms with E-state index in [0.717, 1.165) is 191 Å². The van der Waals surface area contributed by atoms with Gasteiger partial charge in [0.15, 0.2) is 0 Å². The Balaban J connectivity index is 0.0000000970. The largest absolute Gasteiger partial charge is 0.463 e. The van der Waals surface area contributed by atoms with Crippen molar-refractivity contribution < 1.29 is 48.3 Å². The maximum Gasteiger partial charge on any atom is 0.347 e. The van der Waals surface area contributed by atoms with E-state index in [-0.39, 0.29) is 59.9 Å². The van der Waals surface area contributed by atoms with Crippen LogP contribution in [0.25, 0.3) is 0 Å². The first-order valence-electron chi connectivity index (χ1n) is 34.1. The first kappa shape index (κ1) is 55.7. The lowest BCUT2D eigenvalue weighted by Gasteiger charge is -2.43. The van der Waals surface area contributed by atoms with Gasteiger partial charge >= 0.3 is 23.9 Å². The Hall–Kier alpha value is -2.20. The quantitative estimate of drug-likeness (QED) is 0.150. The summed E-state index contributed by atoms with van der Waals surface area (Å²) in [7, 11) is 0. The van der Waals surface area contributed by atoms with E-state index in [1.54, 1.807) is 6.92 Å². The van der Waals surface area contributed by atoms with Crippen LogP contribution in [0.4, 0.5) is 0 Å². The zero-order chi connectivity index (χ0) is 56.2. The summed E-state index contributed by atoms with van der Waals surface area (Å²) in [6, 6.07) is 0. The highest BCUT2D eigenvalue weighted by Crippen LogP contribution is 2.75. The summed E-state index contributed by atoms with van der Waals surface area (Å²) in [5.74, 6) is 27.1. The third-order valence-electron chi connectivity index (χ3n) is 30.3. The second-order valence-electron chi connectivity index (χ2n) is 33.6. The molecule has 0 aromatic rings. The highest BCUT2D eigenvalue weighted by atomic mass is 16.6. The van der Waals surface area contributed by atoms with E-state index in [0.29, 0.717) is 36.7 Å². The molecule has 38 unspecified atom stereocenters. The molecule has 17 fully saturated rings. The predicted molar refractivity (Wildman–Crippen MR) is 303 cm³/mol. The summed E-state index contributed by atoms with van der Waals surface area (Å²) in [6.45, 7) is 27.8. The monoisotopic (exact) mass is 1110 g/mol. The van der Waals surface area contributed by atoms with Gasteiger partial charge in [-0.15, -0.1) is 0 Å². The highest BCUT2D eigenvalue weighted by molar-refractivity contribution is 5.82. The SMILES string of the molecule is CC(O)COC(=O)C1CC2CC1C1C3CC(C(C)C3C)C21.CC1C(C)C2CC1C1C3CC(C(=O)OC(C)(C)C)C(C3)C21.CC1C(C)C2CC1C1C3CC(C(=O)OC4CCOC4=O)C(C3)C21.CC1C(C)C2CC1C1C3CC(O)C(C3)C21. The Bertz CT molecular complexity index is 2410.